The van der Waals surface area contributed by atoms with E-state index in [4.69, 9.17) is 9.16 Å². The first-order valence-electron chi connectivity index (χ1n) is 9.04. The predicted molar refractivity (Wildman–Crippen MR) is 109 cm³/mol. The number of fused-ring (bicyclic) bond motifs is 1. The number of esters is 1. The number of ether oxygens (including phenoxy) is 1. The summed E-state index contributed by atoms with van der Waals surface area (Å²) < 4.78 is 12.0. The van der Waals surface area contributed by atoms with Crippen molar-refractivity contribution in [3.8, 4) is 0 Å². The van der Waals surface area contributed by atoms with Crippen molar-refractivity contribution in [2.75, 3.05) is 0 Å². The summed E-state index contributed by atoms with van der Waals surface area (Å²) in [6, 6.07) is 5.83. The maximum Gasteiger partial charge on any atom is 0.339 e. The van der Waals surface area contributed by atoms with Crippen LogP contribution in [0.3, 0.4) is 0 Å². The van der Waals surface area contributed by atoms with E-state index in [1.807, 2.05) is 39.0 Å². The third kappa shape index (κ3) is 4.92. The summed E-state index contributed by atoms with van der Waals surface area (Å²) in [7, 11) is -1.92. The van der Waals surface area contributed by atoms with E-state index in [1.54, 1.807) is 12.4 Å². The standard InChI is InChI=1S/C21H31NO3Si/c1-20(2,3)25-19(23)18-12-16-13-22-10-9-15(16)11-17(18)14-24-26(7,8)21(4,5)6/h9-13H,14H2,1-8H3. The minimum atomic E-state index is -1.92. The smallest absolute Gasteiger partial charge is 0.339 e. The van der Waals surface area contributed by atoms with Gasteiger partial charge >= 0.3 is 5.97 Å². The summed E-state index contributed by atoms with van der Waals surface area (Å²) in [6.07, 6.45) is 3.52. The molecule has 1 aromatic carbocycles. The molecule has 5 heteroatoms. The second-order valence-corrected chi connectivity index (χ2v) is 14.1. The molecule has 0 fully saturated rings. The average molecular weight is 374 g/mol. The zero-order valence-corrected chi connectivity index (χ0v) is 18.3. The topological polar surface area (TPSA) is 48.4 Å². The molecule has 142 valence electrons. The van der Waals surface area contributed by atoms with Crippen molar-refractivity contribution in [3.05, 3.63) is 41.7 Å². The Hall–Kier alpha value is -1.72. The number of rotatable bonds is 4. The van der Waals surface area contributed by atoms with Gasteiger partial charge in [0, 0.05) is 17.8 Å². The molecule has 1 aromatic heterocycles. The molecule has 0 N–H and O–H groups in total. The first kappa shape index (κ1) is 20.6. The predicted octanol–water partition coefficient (Wildman–Crippen LogP) is 5.71. The maximum atomic E-state index is 12.8. The second kappa shape index (κ2) is 7.12. The molecule has 1 heterocycles. The van der Waals surface area contributed by atoms with Gasteiger partial charge in [0.1, 0.15) is 5.60 Å². The van der Waals surface area contributed by atoms with Gasteiger partial charge in [-0.05, 0) is 68.1 Å². The molecule has 0 aliphatic heterocycles. The molecule has 2 aromatic rings. The summed E-state index contributed by atoms with van der Waals surface area (Å²) in [5.41, 5.74) is 0.875. The third-order valence-corrected chi connectivity index (χ3v) is 9.35. The number of hydrogen-bond acceptors (Lipinski definition) is 4. The molecule has 0 spiro atoms. The van der Waals surface area contributed by atoms with Crippen molar-refractivity contribution >= 4 is 25.1 Å². The number of aromatic nitrogens is 1. The summed E-state index contributed by atoms with van der Waals surface area (Å²) in [4.78, 5) is 16.9. The van der Waals surface area contributed by atoms with E-state index in [0.29, 0.717) is 12.2 Å². The van der Waals surface area contributed by atoms with Crippen LogP contribution in [-0.2, 0) is 15.8 Å². The Bertz CT molecular complexity index is 801. The lowest BCUT2D eigenvalue weighted by molar-refractivity contribution is 0.00670. The third-order valence-electron chi connectivity index (χ3n) is 4.88. The molecular formula is C21H31NO3Si. The molecule has 0 radical (unpaired) electrons. The second-order valence-electron chi connectivity index (χ2n) is 9.28. The molecule has 0 saturated carbocycles. The van der Waals surface area contributed by atoms with Crippen LogP contribution in [0.4, 0.5) is 0 Å². The van der Waals surface area contributed by atoms with Gasteiger partial charge in [0.25, 0.3) is 0 Å². The zero-order chi connectivity index (χ0) is 19.8. The maximum absolute atomic E-state index is 12.8. The summed E-state index contributed by atoms with van der Waals surface area (Å²) in [6.45, 7) is 17.1. The van der Waals surface area contributed by atoms with Gasteiger partial charge in [0.15, 0.2) is 8.32 Å². The number of hydrogen-bond donors (Lipinski definition) is 0. The number of carbonyl (C=O) groups is 1. The average Bonchev–Trinajstić information content (AvgIpc) is 2.49. The van der Waals surface area contributed by atoms with Crippen LogP contribution >= 0.6 is 0 Å². The van der Waals surface area contributed by atoms with Gasteiger partial charge in [-0.25, -0.2) is 4.79 Å². The number of nitrogens with zero attached hydrogens (tertiary/aromatic N) is 1. The van der Waals surface area contributed by atoms with Crippen LogP contribution in [0.5, 0.6) is 0 Å². The Labute approximate surface area is 158 Å². The summed E-state index contributed by atoms with van der Waals surface area (Å²) >= 11 is 0. The van der Waals surface area contributed by atoms with Gasteiger partial charge in [-0.2, -0.15) is 0 Å². The highest BCUT2D eigenvalue weighted by Gasteiger charge is 2.37. The lowest BCUT2D eigenvalue weighted by atomic mass is 10.0. The minimum Gasteiger partial charge on any atom is -0.456 e. The molecule has 0 amide bonds. The summed E-state index contributed by atoms with van der Waals surface area (Å²) in [5, 5.41) is 2.07. The van der Waals surface area contributed by atoms with E-state index >= 15 is 0 Å². The van der Waals surface area contributed by atoms with Crippen molar-refractivity contribution in [1.29, 1.82) is 0 Å². The quantitative estimate of drug-likeness (QED) is 0.508. The van der Waals surface area contributed by atoms with E-state index in [9.17, 15) is 4.79 Å². The fourth-order valence-electron chi connectivity index (χ4n) is 2.30. The number of carbonyl (C=O) groups excluding carboxylic acids is 1. The van der Waals surface area contributed by atoms with Crippen LogP contribution in [0.25, 0.3) is 10.8 Å². The molecule has 26 heavy (non-hydrogen) atoms. The van der Waals surface area contributed by atoms with Gasteiger partial charge in [0.2, 0.25) is 0 Å². The number of benzene rings is 1. The van der Waals surface area contributed by atoms with Crippen molar-refractivity contribution in [2.24, 2.45) is 0 Å². The zero-order valence-electron chi connectivity index (χ0n) is 17.3. The van der Waals surface area contributed by atoms with Crippen LogP contribution in [0.15, 0.2) is 30.6 Å². The van der Waals surface area contributed by atoms with Crippen LogP contribution < -0.4 is 0 Å². The van der Waals surface area contributed by atoms with Gasteiger partial charge < -0.3 is 9.16 Å². The van der Waals surface area contributed by atoms with Gasteiger partial charge in [-0.1, -0.05) is 20.8 Å². The van der Waals surface area contributed by atoms with E-state index < -0.39 is 13.9 Å². The van der Waals surface area contributed by atoms with E-state index in [1.165, 1.54) is 0 Å². The molecule has 2 rings (SSSR count). The Morgan fingerprint density at radius 3 is 2.31 bits per heavy atom. The van der Waals surface area contributed by atoms with E-state index in [0.717, 1.165) is 16.3 Å². The first-order chi connectivity index (χ1) is 11.8. The fourth-order valence-corrected chi connectivity index (χ4v) is 3.25. The van der Waals surface area contributed by atoms with Crippen molar-refractivity contribution in [2.45, 2.75) is 71.9 Å². The SMILES string of the molecule is CC(C)(C)OC(=O)c1cc2cnccc2cc1CO[Si](C)(C)C(C)(C)C. The van der Waals surface area contributed by atoms with E-state index in [2.05, 4.69) is 38.8 Å². The molecule has 0 aliphatic carbocycles. The van der Waals surface area contributed by atoms with E-state index in [-0.39, 0.29) is 11.0 Å². The molecule has 0 aliphatic rings. The Morgan fingerprint density at radius 2 is 1.73 bits per heavy atom. The van der Waals surface area contributed by atoms with Gasteiger partial charge in [-0.3, -0.25) is 4.98 Å². The Balaban J connectivity index is 2.42. The van der Waals surface area contributed by atoms with Crippen molar-refractivity contribution < 1.29 is 14.0 Å². The highest BCUT2D eigenvalue weighted by atomic mass is 28.4. The lowest BCUT2D eigenvalue weighted by Crippen LogP contribution is -2.40. The minimum absolute atomic E-state index is 0.111. The number of pyridine rings is 1. The van der Waals surface area contributed by atoms with Crippen LogP contribution in [0.2, 0.25) is 18.1 Å². The molecule has 0 saturated heterocycles. The molecular weight excluding hydrogens is 342 g/mol. The lowest BCUT2D eigenvalue weighted by Gasteiger charge is -2.36. The fraction of sp³-hybridized carbons (Fsp3) is 0.524. The normalized spacial score (nSPS) is 13.1. The van der Waals surface area contributed by atoms with Crippen LogP contribution in [-0.4, -0.2) is 24.9 Å². The molecule has 4 nitrogen and oxygen atoms in total. The Morgan fingerprint density at radius 1 is 1.08 bits per heavy atom. The highest BCUT2D eigenvalue weighted by molar-refractivity contribution is 6.74. The monoisotopic (exact) mass is 373 g/mol. The molecule has 0 unspecified atom stereocenters. The molecule has 0 bridgehead atoms. The van der Waals surface area contributed by atoms with Crippen molar-refractivity contribution in [1.82, 2.24) is 4.98 Å². The van der Waals surface area contributed by atoms with Crippen molar-refractivity contribution in [3.63, 3.8) is 0 Å². The summed E-state index contributed by atoms with van der Waals surface area (Å²) in [5.74, 6) is -0.322. The van der Waals surface area contributed by atoms with Crippen LogP contribution in [0.1, 0.15) is 57.5 Å². The van der Waals surface area contributed by atoms with Gasteiger partial charge in [0.05, 0.1) is 12.2 Å². The highest BCUT2D eigenvalue weighted by Crippen LogP contribution is 2.37. The largest absolute Gasteiger partial charge is 0.456 e. The molecule has 0 atom stereocenters. The first-order valence-corrected chi connectivity index (χ1v) is 11.9. The Kier molecular flexibility index (Phi) is 5.64. The van der Waals surface area contributed by atoms with Gasteiger partial charge in [-0.15, -0.1) is 0 Å². The van der Waals surface area contributed by atoms with Crippen LogP contribution in [0, 0.1) is 0 Å².